The summed E-state index contributed by atoms with van der Waals surface area (Å²) in [5.41, 5.74) is 1.55. The zero-order valence-corrected chi connectivity index (χ0v) is 27.5. The van der Waals surface area contributed by atoms with Gasteiger partial charge in [-0.25, -0.2) is 0 Å². The maximum Gasteiger partial charge on any atom is 0.251 e. The van der Waals surface area contributed by atoms with Crippen LogP contribution in [-0.2, 0) is 11.3 Å². The van der Waals surface area contributed by atoms with E-state index in [1.165, 1.54) is 11.8 Å². The number of ether oxygens (including phenoxy) is 4. The van der Waals surface area contributed by atoms with Crippen molar-refractivity contribution in [2.24, 2.45) is 0 Å². The lowest BCUT2D eigenvalue weighted by atomic mass is 10.1. The number of benzene rings is 3. The Balaban J connectivity index is 1.55. The number of carbonyl (C=O) groups excluding carboxylic acids is 2. The molecule has 0 radical (unpaired) electrons. The lowest BCUT2D eigenvalue weighted by Gasteiger charge is -2.17. The standard InChI is InChI=1S/C31H33Cl2N5O6S/c1-5-42-25-14-19(15-26(43-6-2)29(25)44-7-3)30(40)34-17-27-36-37-31(38(27)21-10-13-23(32)24(33)16-21)45-18-28(39)35-20-8-11-22(41-4)12-9-20/h8-16H,5-7,17-18H2,1-4H3,(H,34,40)(H,35,39). The van der Waals surface area contributed by atoms with Crippen molar-refractivity contribution in [1.82, 2.24) is 20.1 Å². The van der Waals surface area contributed by atoms with E-state index in [1.807, 2.05) is 20.8 Å². The van der Waals surface area contributed by atoms with Crippen molar-refractivity contribution in [3.05, 3.63) is 76.0 Å². The fourth-order valence-corrected chi connectivity index (χ4v) is 5.24. The molecule has 45 heavy (non-hydrogen) atoms. The van der Waals surface area contributed by atoms with Gasteiger partial charge in [0.25, 0.3) is 5.91 Å². The third-order valence-electron chi connectivity index (χ3n) is 6.15. The lowest BCUT2D eigenvalue weighted by molar-refractivity contribution is -0.113. The molecule has 0 fully saturated rings. The van der Waals surface area contributed by atoms with E-state index in [2.05, 4.69) is 20.8 Å². The van der Waals surface area contributed by atoms with Gasteiger partial charge in [-0.2, -0.15) is 0 Å². The van der Waals surface area contributed by atoms with Gasteiger partial charge in [-0.1, -0.05) is 35.0 Å². The highest BCUT2D eigenvalue weighted by Gasteiger charge is 2.21. The number of hydrogen-bond acceptors (Lipinski definition) is 9. The van der Waals surface area contributed by atoms with Gasteiger partial charge < -0.3 is 29.6 Å². The van der Waals surface area contributed by atoms with Crippen LogP contribution in [0, 0.1) is 0 Å². The Morgan fingerprint density at radius 2 is 1.53 bits per heavy atom. The van der Waals surface area contributed by atoms with E-state index in [-0.39, 0.29) is 18.2 Å². The van der Waals surface area contributed by atoms with Crippen LogP contribution in [0.5, 0.6) is 23.0 Å². The molecule has 3 aromatic carbocycles. The predicted molar refractivity (Wildman–Crippen MR) is 175 cm³/mol. The third kappa shape index (κ3) is 8.74. The zero-order valence-electron chi connectivity index (χ0n) is 25.2. The monoisotopic (exact) mass is 673 g/mol. The minimum atomic E-state index is -0.392. The molecule has 4 rings (SSSR count). The molecule has 238 valence electrons. The summed E-state index contributed by atoms with van der Waals surface area (Å²) in [7, 11) is 1.57. The topological polar surface area (TPSA) is 126 Å². The predicted octanol–water partition coefficient (Wildman–Crippen LogP) is 6.44. The van der Waals surface area contributed by atoms with E-state index in [1.54, 1.807) is 66.3 Å². The fraction of sp³-hybridized carbons (Fsp3) is 0.290. The molecule has 2 amide bonds. The highest BCUT2D eigenvalue weighted by atomic mass is 35.5. The van der Waals surface area contributed by atoms with Crippen molar-refractivity contribution in [2.45, 2.75) is 32.5 Å². The molecule has 14 heteroatoms. The van der Waals surface area contributed by atoms with Gasteiger partial charge in [0.2, 0.25) is 11.7 Å². The second kappa shape index (κ2) is 16.3. The van der Waals surface area contributed by atoms with Gasteiger partial charge >= 0.3 is 0 Å². The van der Waals surface area contributed by atoms with Crippen molar-refractivity contribution in [3.63, 3.8) is 0 Å². The van der Waals surface area contributed by atoms with Crippen molar-refractivity contribution in [1.29, 1.82) is 0 Å². The van der Waals surface area contributed by atoms with Crippen LogP contribution in [0.1, 0.15) is 37.0 Å². The van der Waals surface area contributed by atoms with Gasteiger partial charge in [0.05, 0.1) is 55.0 Å². The maximum atomic E-state index is 13.4. The number of thioether (sulfide) groups is 1. The molecule has 0 saturated heterocycles. The van der Waals surface area contributed by atoms with Crippen LogP contribution in [-0.4, -0.2) is 59.3 Å². The van der Waals surface area contributed by atoms with Crippen LogP contribution in [0.15, 0.2) is 59.8 Å². The molecule has 1 heterocycles. The molecule has 4 aromatic rings. The SMILES string of the molecule is CCOc1cc(C(=O)NCc2nnc(SCC(=O)Nc3ccc(OC)cc3)n2-c2ccc(Cl)c(Cl)c2)cc(OCC)c1OCC. The summed E-state index contributed by atoms with van der Waals surface area (Å²) in [5.74, 6) is 1.75. The number of carbonyl (C=O) groups is 2. The van der Waals surface area contributed by atoms with Crippen LogP contribution in [0.3, 0.4) is 0 Å². The van der Waals surface area contributed by atoms with Crippen molar-refractivity contribution >= 4 is 52.5 Å². The summed E-state index contributed by atoms with van der Waals surface area (Å²) in [4.78, 5) is 26.1. The summed E-state index contributed by atoms with van der Waals surface area (Å²) in [6, 6.07) is 15.3. The highest BCUT2D eigenvalue weighted by molar-refractivity contribution is 7.99. The smallest absolute Gasteiger partial charge is 0.251 e. The molecule has 0 aliphatic heterocycles. The van der Waals surface area contributed by atoms with E-state index >= 15 is 0 Å². The minimum absolute atomic E-state index is 0.00579. The van der Waals surface area contributed by atoms with Gasteiger partial charge in [0.1, 0.15) is 5.75 Å². The number of aromatic nitrogens is 3. The Morgan fingerprint density at radius 3 is 2.13 bits per heavy atom. The fourth-order valence-electron chi connectivity index (χ4n) is 4.17. The number of amides is 2. The van der Waals surface area contributed by atoms with Crippen molar-refractivity contribution < 1.29 is 28.5 Å². The second-order valence-electron chi connectivity index (χ2n) is 9.18. The number of halogens is 2. The summed E-state index contributed by atoms with van der Waals surface area (Å²) in [6.45, 7) is 6.71. The highest BCUT2D eigenvalue weighted by Crippen LogP contribution is 2.39. The van der Waals surface area contributed by atoms with Crippen LogP contribution in [0.4, 0.5) is 5.69 Å². The van der Waals surface area contributed by atoms with Gasteiger partial charge in [-0.05, 0) is 75.4 Å². The van der Waals surface area contributed by atoms with E-state index in [0.717, 1.165) is 0 Å². The number of nitrogens with one attached hydrogen (secondary N) is 2. The maximum absolute atomic E-state index is 13.4. The van der Waals surface area contributed by atoms with Gasteiger partial charge in [-0.3, -0.25) is 14.2 Å². The first-order chi connectivity index (χ1) is 21.8. The second-order valence-corrected chi connectivity index (χ2v) is 10.9. The van der Waals surface area contributed by atoms with Crippen LogP contribution < -0.4 is 29.6 Å². The molecule has 0 aliphatic carbocycles. The third-order valence-corrected chi connectivity index (χ3v) is 7.81. The van der Waals surface area contributed by atoms with Gasteiger partial charge in [-0.15, -0.1) is 10.2 Å². The lowest BCUT2D eigenvalue weighted by Crippen LogP contribution is -2.25. The Labute approximate surface area is 275 Å². The molecule has 0 saturated carbocycles. The summed E-state index contributed by atoms with van der Waals surface area (Å²) in [5, 5.41) is 15.5. The molecular weight excluding hydrogens is 641 g/mol. The van der Waals surface area contributed by atoms with E-state index in [9.17, 15) is 9.59 Å². The molecule has 0 spiro atoms. The molecule has 0 unspecified atom stereocenters. The molecule has 11 nitrogen and oxygen atoms in total. The first kappa shape index (κ1) is 33.8. The molecular formula is C31H33Cl2N5O6S. The van der Waals surface area contributed by atoms with E-state index in [0.29, 0.717) is 80.8 Å². The average Bonchev–Trinajstić information content (AvgIpc) is 3.45. The quantitative estimate of drug-likeness (QED) is 0.137. The van der Waals surface area contributed by atoms with Crippen LogP contribution in [0.25, 0.3) is 5.69 Å². The van der Waals surface area contributed by atoms with Gasteiger partial charge in [0.15, 0.2) is 22.5 Å². The van der Waals surface area contributed by atoms with Crippen molar-refractivity contribution in [2.75, 3.05) is 38.0 Å². The minimum Gasteiger partial charge on any atom is -0.497 e. The Morgan fingerprint density at radius 1 is 0.867 bits per heavy atom. The number of rotatable bonds is 15. The first-order valence-corrected chi connectivity index (χ1v) is 15.8. The zero-order chi connectivity index (χ0) is 32.3. The molecule has 0 atom stereocenters. The first-order valence-electron chi connectivity index (χ1n) is 14.1. The normalized spacial score (nSPS) is 10.7. The number of hydrogen-bond donors (Lipinski definition) is 2. The average molecular weight is 675 g/mol. The molecule has 0 bridgehead atoms. The largest absolute Gasteiger partial charge is 0.497 e. The summed E-state index contributed by atoms with van der Waals surface area (Å²) < 4.78 is 24.1. The summed E-state index contributed by atoms with van der Waals surface area (Å²) >= 11 is 13.7. The molecule has 1 aromatic heterocycles. The Kier molecular flexibility index (Phi) is 12.2. The molecule has 2 N–H and O–H groups in total. The number of nitrogens with zero attached hydrogens (tertiary/aromatic N) is 3. The number of methoxy groups -OCH3 is 1. The number of anilines is 1. The molecule has 0 aliphatic rings. The summed E-state index contributed by atoms with van der Waals surface area (Å²) in [6.07, 6.45) is 0. The van der Waals surface area contributed by atoms with Gasteiger partial charge in [0, 0.05) is 11.3 Å². The van der Waals surface area contributed by atoms with E-state index < -0.39 is 5.91 Å². The van der Waals surface area contributed by atoms with Crippen LogP contribution >= 0.6 is 35.0 Å². The van der Waals surface area contributed by atoms with Crippen LogP contribution in [0.2, 0.25) is 10.0 Å². The van der Waals surface area contributed by atoms with Crippen molar-refractivity contribution in [3.8, 4) is 28.7 Å². The van der Waals surface area contributed by atoms with E-state index in [4.69, 9.17) is 42.1 Å². The Hall–Kier alpha value is -4.13. The Bertz CT molecular complexity index is 1610.